The number of likely N-dealkylation sites (N-methyl/N-ethyl adjacent to an activating group) is 1. The number of ether oxygens (including phenoxy) is 1. The van der Waals surface area contributed by atoms with E-state index in [9.17, 15) is 27.6 Å². The van der Waals surface area contributed by atoms with Gasteiger partial charge in [0.1, 0.15) is 11.3 Å². The van der Waals surface area contributed by atoms with E-state index in [1.54, 1.807) is 30.3 Å². The van der Waals surface area contributed by atoms with Crippen molar-refractivity contribution in [2.24, 2.45) is 0 Å². The van der Waals surface area contributed by atoms with Gasteiger partial charge < -0.3 is 19.6 Å². The lowest BCUT2D eigenvalue weighted by atomic mass is 10.1. The summed E-state index contributed by atoms with van der Waals surface area (Å²) < 4.78 is 31.7. The molecule has 0 aliphatic carbocycles. The molecule has 2 atom stereocenters. The molecule has 11 heteroatoms. The molecule has 0 radical (unpaired) electrons. The number of rotatable bonds is 10. The number of carboxylic acid groups (broad SMARTS) is 1. The van der Waals surface area contributed by atoms with Crippen LogP contribution in [0.3, 0.4) is 0 Å². The van der Waals surface area contributed by atoms with Crippen molar-refractivity contribution in [3.63, 3.8) is 0 Å². The molecule has 176 valence electrons. The van der Waals surface area contributed by atoms with Gasteiger partial charge in [0.05, 0.1) is 25.4 Å². The van der Waals surface area contributed by atoms with Crippen LogP contribution in [0.2, 0.25) is 0 Å². The highest BCUT2D eigenvalue weighted by atomic mass is 32.2. The van der Waals surface area contributed by atoms with Crippen LogP contribution in [0.1, 0.15) is 25.3 Å². The summed E-state index contributed by atoms with van der Waals surface area (Å²) >= 11 is 0. The van der Waals surface area contributed by atoms with Crippen molar-refractivity contribution in [2.45, 2.75) is 36.8 Å². The largest absolute Gasteiger partial charge is 0.475 e. The molecule has 0 saturated carbocycles. The summed E-state index contributed by atoms with van der Waals surface area (Å²) in [4.78, 5) is 51.4. The van der Waals surface area contributed by atoms with Crippen LogP contribution in [-0.4, -0.2) is 91.5 Å². The Hall–Kier alpha value is -2.79. The van der Waals surface area contributed by atoms with E-state index in [1.807, 2.05) is 0 Å². The van der Waals surface area contributed by atoms with E-state index in [0.29, 0.717) is 18.8 Å². The lowest BCUT2D eigenvalue weighted by Gasteiger charge is -2.31. The summed E-state index contributed by atoms with van der Waals surface area (Å²) in [5.41, 5.74) is 0.445. The van der Waals surface area contributed by atoms with Gasteiger partial charge in [0.25, 0.3) is 5.78 Å². The number of hydrogen-bond donors (Lipinski definition) is 1. The van der Waals surface area contributed by atoms with Crippen LogP contribution in [0, 0.1) is 0 Å². The molecular weight excluding hydrogens is 440 g/mol. The highest BCUT2D eigenvalue weighted by molar-refractivity contribution is 7.92. The molecule has 1 aromatic carbocycles. The molecular formula is C21H28N2O8S. The molecule has 10 nitrogen and oxygen atoms in total. The van der Waals surface area contributed by atoms with Crippen molar-refractivity contribution in [1.82, 2.24) is 9.80 Å². The smallest absolute Gasteiger partial charge is 0.374 e. The number of sulfone groups is 1. The number of ketones is 1. The third kappa shape index (κ3) is 6.36. The first-order valence-electron chi connectivity index (χ1n) is 10.2. The van der Waals surface area contributed by atoms with Gasteiger partial charge in [-0.1, -0.05) is 37.3 Å². The number of aliphatic carboxylic acids is 1. The Bertz CT molecular complexity index is 942. The fourth-order valence-electron chi connectivity index (χ4n) is 3.53. The van der Waals surface area contributed by atoms with Gasteiger partial charge in [0.15, 0.2) is 9.84 Å². The van der Waals surface area contributed by atoms with Gasteiger partial charge in [-0.15, -0.1) is 0 Å². The molecule has 0 spiro atoms. The molecule has 1 fully saturated rings. The molecule has 1 aromatic rings. The maximum absolute atomic E-state index is 13.2. The lowest BCUT2D eigenvalue weighted by molar-refractivity contribution is -0.153. The zero-order valence-electron chi connectivity index (χ0n) is 18.1. The molecule has 1 saturated heterocycles. The van der Waals surface area contributed by atoms with Crippen molar-refractivity contribution >= 4 is 33.4 Å². The minimum atomic E-state index is -4.17. The number of nitrogens with zero attached hydrogens (tertiary/aromatic N) is 2. The minimum absolute atomic E-state index is 0.0176. The molecule has 1 N–H and O–H groups in total. The number of carboxylic acids is 1. The van der Waals surface area contributed by atoms with E-state index in [4.69, 9.17) is 9.84 Å². The Morgan fingerprint density at radius 3 is 2.25 bits per heavy atom. The Morgan fingerprint density at radius 2 is 1.72 bits per heavy atom. The average Bonchev–Trinajstić information content (AvgIpc) is 2.77. The SMILES string of the molecule is CC[C@@H](C(=O)C(=O)O)N(C)C(=O)C(CC(=O)N1CCOCC1)S(=O)(=O)Cc1ccccc1. The number of amides is 2. The van der Waals surface area contributed by atoms with Crippen molar-refractivity contribution in [2.75, 3.05) is 33.4 Å². The van der Waals surface area contributed by atoms with Crippen molar-refractivity contribution < 1.29 is 37.4 Å². The predicted octanol–water partition coefficient (Wildman–Crippen LogP) is 0.110. The summed E-state index contributed by atoms with van der Waals surface area (Å²) in [5, 5.41) is 7.29. The second-order valence-electron chi connectivity index (χ2n) is 7.52. The number of morpholine rings is 1. The van der Waals surface area contributed by atoms with E-state index < -0.39 is 56.9 Å². The Kier molecular flexibility index (Phi) is 8.90. The third-order valence-electron chi connectivity index (χ3n) is 5.36. The van der Waals surface area contributed by atoms with Crippen LogP contribution in [-0.2, 0) is 39.5 Å². The molecule has 2 amide bonds. The Labute approximate surface area is 187 Å². The monoisotopic (exact) mass is 468 g/mol. The molecule has 1 unspecified atom stereocenters. The first kappa shape index (κ1) is 25.5. The standard InChI is InChI=1S/C21H28N2O8S/c1-3-16(19(25)21(27)28)22(2)20(26)17(13-18(24)23-9-11-31-12-10-23)32(29,30)14-15-7-5-4-6-8-15/h4-8,16-17H,3,9-14H2,1-2H3,(H,27,28)/t16-,17?/m0/s1. The van der Waals surface area contributed by atoms with Crippen LogP contribution < -0.4 is 0 Å². The zero-order valence-corrected chi connectivity index (χ0v) is 18.9. The van der Waals surface area contributed by atoms with Gasteiger partial charge in [-0.3, -0.25) is 14.4 Å². The van der Waals surface area contributed by atoms with Crippen LogP contribution in [0.15, 0.2) is 30.3 Å². The number of carbonyl (C=O) groups is 4. The number of hydrogen-bond acceptors (Lipinski definition) is 7. The molecule has 1 aliphatic rings. The van der Waals surface area contributed by atoms with Crippen LogP contribution >= 0.6 is 0 Å². The van der Waals surface area contributed by atoms with Crippen LogP contribution in [0.5, 0.6) is 0 Å². The Balaban J connectivity index is 2.35. The fraction of sp³-hybridized carbons (Fsp3) is 0.524. The van der Waals surface area contributed by atoms with Gasteiger partial charge in [0.2, 0.25) is 11.8 Å². The summed E-state index contributed by atoms with van der Waals surface area (Å²) in [5.74, 6) is -4.91. The van der Waals surface area contributed by atoms with E-state index in [0.717, 1.165) is 4.90 Å². The molecule has 1 aliphatic heterocycles. The van der Waals surface area contributed by atoms with Gasteiger partial charge in [-0.05, 0) is 12.0 Å². The highest BCUT2D eigenvalue weighted by Gasteiger charge is 2.41. The van der Waals surface area contributed by atoms with Crippen LogP contribution in [0.25, 0.3) is 0 Å². The van der Waals surface area contributed by atoms with Crippen molar-refractivity contribution in [3.05, 3.63) is 35.9 Å². The molecule has 32 heavy (non-hydrogen) atoms. The van der Waals surface area contributed by atoms with E-state index in [1.165, 1.54) is 18.9 Å². The number of carbonyl (C=O) groups excluding carboxylic acids is 3. The van der Waals surface area contributed by atoms with E-state index >= 15 is 0 Å². The van der Waals surface area contributed by atoms with Gasteiger partial charge >= 0.3 is 5.97 Å². The normalized spacial score (nSPS) is 16.1. The second kappa shape index (κ2) is 11.2. The second-order valence-corrected chi connectivity index (χ2v) is 9.70. The first-order valence-corrected chi connectivity index (χ1v) is 11.9. The fourth-order valence-corrected chi connectivity index (χ4v) is 5.26. The summed E-state index contributed by atoms with van der Waals surface area (Å²) in [6.07, 6.45) is -0.619. The summed E-state index contributed by atoms with van der Waals surface area (Å²) in [6.45, 7) is 2.70. The number of Topliss-reactive ketones (excluding diaryl/α,β-unsaturated/α-hetero) is 1. The minimum Gasteiger partial charge on any atom is -0.475 e. The third-order valence-corrected chi connectivity index (χ3v) is 7.33. The molecule has 2 rings (SSSR count). The van der Waals surface area contributed by atoms with Crippen molar-refractivity contribution in [3.8, 4) is 0 Å². The Morgan fingerprint density at radius 1 is 1.12 bits per heavy atom. The molecule has 0 bridgehead atoms. The zero-order chi connectivity index (χ0) is 23.9. The first-order chi connectivity index (χ1) is 15.1. The molecule has 1 heterocycles. The van der Waals surface area contributed by atoms with Gasteiger partial charge in [0, 0.05) is 20.1 Å². The maximum atomic E-state index is 13.2. The average molecular weight is 469 g/mol. The predicted molar refractivity (Wildman–Crippen MR) is 114 cm³/mol. The van der Waals surface area contributed by atoms with Gasteiger partial charge in [-0.2, -0.15) is 0 Å². The van der Waals surface area contributed by atoms with E-state index in [-0.39, 0.29) is 19.5 Å². The maximum Gasteiger partial charge on any atom is 0.374 e. The lowest BCUT2D eigenvalue weighted by Crippen LogP contribution is -2.52. The summed E-state index contributed by atoms with van der Waals surface area (Å²) in [6, 6.07) is 6.88. The quantitative estimate of drug-likeness (QED) is 0.478. The number of benzene rings is 1. The summed E-state index contributed by atoms with van der Waals surface area (Å²) in [7, 11) is -2.99. The van der Waals surface area contributed by atoms with Gasteiger partial charge in [-0.25, -0.2) is 13.2 Å². The van der Waals surface area contributed by atoms with Crippen LogP contribution in [0.4, 0.5) is 0 Å². The highest BCUT2D eigenvalue weighted by Crippen LogP contribution is 2.20. The molecule has 0 aromatic heterocycles. The van der Waals surface area contributed by atoms with E-state index in [2.05, 4.69) is 0 Å². The van der Waals surface area contributed by atoms with Crippen molar-refractivity contribution in [1.29, 1.82) is 0 Å². The topological polar surface area (TPSA) is 138 Å².